The van der Waals surface area contributed by atoms with Crippen LogP contribution in [0.25, 0.3) is 0 Å². The predicted molar refractivity (Wildman–Crippen MR) is 115 cm³/mol. The van der Waals surface area contributed by atoms with Crippen LogP contribution in [0.4, 0.5) is 0 Å². The summed E-state index contributed by atoms with van der Waals surface area (Å²) in [6.45, 7) is 7.65. The first-order chi connectivity index (χ1) is 13.7. The lowest BCUT2D eigenvalue weighted by Gasteiger charge is -2.32. The SMILES string of the molecule is CCCCN(/C=C(/C#N)C(=O)N1CCC(Cc2ccccc2)CC1)CCCC. The van der Waals surface area contributed by atoms with Crippen molar-refractivity contribution < 1.29 is 4.79 Å². The van der Waals surface area contributed by atoms with Crippen LogP contribution in [-0.2, 0) is 11.2 Å². The molecule has 28 heavy (non-hydrogen) atoms. The van der Waals surface area contributed by atoms with Gasteiger partial charge in [-0.15, -0.1) is 0 Å². The van der Waals surface area contributed by atoms with E-state index >= 15 is 0 Å². The van der Waals surface area contributed by atoms with Gasteiger partial charge >= 0.3 is 0 Å². The number of amides is 1. The van der Waals surface area contributed by atoms with Crippen LogP contribution in [0, 0.1) is 17.2 Å². The van der Waals surface area contributed by atoms with Crippen molar-refractivity contribution in [1.82, 2.24) is 9.80 Å². The van der Waals surface area contributed by atoms with Crippen molar-refractivity contribution in [3.63, 3.8) is 0 Å². The van der Waals surface area contributed by atoms with Gasteiger partial charge < -0.3 is 9.80 Å². The van der Waals surface area contributed by atoms with E-state index in [-0.39, 0.29) is 11.5 Å². The van der Waals surface area contributed by atoms with Gasteiger partial charge in [0.25, 0.3) is 5.91 Å². The van der Waals surface area contributed by atoms with Crippen molar-refractivity contribution in [3.8, 4) is 6.07 Å². The Bertz CT molecular complexity index is 646. The second-order valence-corrected chi connectivity index (χ2v) is 7.82. The number of hydrogen-bond donors (Lipinski definition) is 0. The number of hydrogen-bond acceptors (Lipinski definition) is 3. The molecule has 0 saturated carbocycles. The van der Waals surface area contributed by atoms with Crippen molar-refractivity contribution in [3.05, 3.63) is 47.7 Å². The Balaban J connectivity index is 1.92. The third-order valence-corrected chi connectivity index (χ3v) is 5.53. The summed E-state index contributed by atoms with van der Waals surface area (Å²) in [6, 6.07) is 12.7. The molecule has 152 valence electrons. The molecule has 1 aliphatic rings. The van der Waals surface area contributed by atoms with Crippen LogP contribution in [0.3, 0.4) is 0 Å². The van der Waals surface area contributed by atoms with Gasteiger partial charge in [0, 0.05) is 32.4 Å². The van der Waals surface area contributed by atoms with Gasteiger partial charge in [0.1, 0.15) is 11.6 Å². The molecule has 4 heteroatoms. The van der Waals surface area contributed by atoms with Crippen LogP contribution in [0.2, 0.25) is 0 Å². The van der Waals surface area contributed by atoms with Gasteiger partial charge in [-0.25, -0.2) is 0 Å². The molecule has 0 aromatic heterocycles. The first-order valence-corrected chi connectivity index (χ1v) is 10.9. The molecule has 0 atom stereocenters. The lowest BCUT2D eigenvalue weighted by Crippen LogP contribution is -2.40. The monoisotopic (exact) mass is 381 g/mol. The maximum Gasteiger partial charge on any atom is 0.266 e. The standard InChI is InChI=1S/C24H35N3O/c1-3-5-14-26(15-6-4-2)20-23(19-25)24(28)27-16-12-22(13-17-27)18-21-10-8-7-9-11-21/h7-11,20,22H,3-6,12-18H2,1-2H3/b23-20-. The van der Waals surface area contributed by atoms with Crippen LogP contribution in [0.15, 0.2) is 42.1 Å². The number of carbonyl (C=O) groups excluding carboxylic acids is 1. The van der Waals surface area contributed by atoms with Crippen LogP contribution in [0.1, 0.15) is 57.9 Å². The van der Waals surface area contributed by atoms with E-state index in [0.29, 0.717) is 5.92 Å². The molecule has 4 nitrogen and oxygen atoms in total. The maximum absolute atomic E-state index is 12.9. The minimum absolute atomic E-state index is 0.0985. The van der Waals surface area contributed by atoms with Crippen molar-refractivity contribution in [2.75, 3.05) is 26.2 Å². The Morgan fingerprint density at radius 2 is 1.75 bits per heavy atom. The van der Waals surface area contributed by atoms with Crippen molar-refractivity contribution in [1.29, 1.82) is 5.26 Å². The van der Waals surface area contributed by atoms with E-state index in [4.69, 9.17) is 0 Å². The van der Waals surface area contributed by atoms with Gasteiger partial charge in [0.15, 0.2) is 0 Å². The maximum atomic E-state index is 12.9. The second kappa shape index (κ2) is 12.2. The predicted octanol–water partition coefficient (Wildman–Crippen LogP) is 4.78. The van der Waals surface area contributed by atoms with Crippen molar-refractivity contribution >= 4 is 5.91 Å². The summed E-state index contributed by atoms with van der Waals surface area (Å²) in [4.78, 5) is 16.9. The fourth-order valence-electron chi connectivity index (χ4n) is 3.74. The topological polar surface area (TPSA) is 47.3 Å². The van der Waals surface area contributed by atoms with Gasteiger partial charge in [-0.05, 0) is 43.6 Å². The minimum atomic E-state index is -0.0985. The fourth-order valence-corrected chi connectivity index (χ4v) is 3.74. The minimum Gasteiger partial charge on any atom is -0.376 e. The third kappa shape index (κ3) is 7.03. The lowest BCUT2D eigenvalue weighted by atomic mass is 9.90. The summed E-state index contributed by atoms with van der Waals surface area (Å²) >= 11 is 0. The Hall–Kier alpha value is -2.28. The molecular formula is C24H35N3O. The molecule has 0 aliphatic carbocycles. The fraction of sp³-hybridized carbons (Fsp3) is 0.583. The van der Waals surface area contributed by atoms with E-state index in [0.717, 1.165) is 71.1 Å². The van der Waals surface area contributed by atoms with Crippen LogP contribution < -0.4 is 0 Å². The highest BCUT2D eigenvalue weighted by Crippen LogP contribution is 2.22. The molecule has 1 saturated heterocycles. The largest absolute Gasteiger partial charge is 0.376 e. The molecule has 0 bridgehead atoms. The van der Waals surface area contributed by atoms with Gasteiger partial charge in [-0.2, -0.15) is 5.26 Å². The van der Waals surface area contributed by atoms with Crippen molar-refractivity contribution in [2.45, 2.75) is 58.8 Å². The molecule has 0 radical (unpaired) electrons. The molecule has 1 amide bonds. The molecular weight excluding hydrogens is 346 g/mol. The van der Waals surface area contributed by atoms with Crippen LogP contribution in [0.5, 0.6) is 0 Å². The van der Waals surface area contributed by atoms with Crippen LogP contribution in [-0.4, -0.2) is 41.9 Å². The van der Waals surface area contributed by atoms with E-state index in [1.165, 1.54) is 5.56 Å². The van der Waals surface area contributed by atoms with E-state index < -0.39 is 0 Å². The highest BCUT2D eigenvalue weighted by molar-refractivity contribution is 5.97. The molecule has 1 heterocycles. The number of piperidine rings is 1. The Morgan fingerprint density at radius 1 is 1.14 bits per heavy atom. The quantitative estimate of drug-likeness (QED) is 0.433. The summed E-state index contributed by atoms with van der Waals surface area (Å²) in [5.41, 5.74) is 1.65. The summed E-state index contributed by atoms with van der Waals surface area (Å²) in [6.07, 6.45) is 9.29. The van der Waals surface area contributed by atoms with E-state index in [2.05, 4.69) is 49.1 Å². The summed E-state index contributed by atoms with van der Waals surface area (Å²) in [5, 5.41) is 9.58. The summed E-state index contributed by atoms with van der Waals surface area (Å²) in [5.74, 6) is 0.519. The second-order valence-electron chi connectivity index (χ2n) is 7.82. The van der Waals surface area contributed by atoms with Crippen LogP contribution >= 0.6 is 0 Å². The van der Waals surface area contributed by atoms with Gasteiger partial charge in [0.2, 0.25) is 0 Å². The van der Waals surface area contributed by atoms with E-state index in [1.54, 1.807) is 0 Å². The zero-order chi connectivity index (χ0) is 20.2. The number of likely N-dealkylation sites (tertiary alicyclic amines) is 1. The van der Waals surface area contributed by atoms with Gasteiger partial charge in [-0.1, -0.05) is 57.0 Å². The molecule has 1 aliphatic heterocycles. The highest BCUT2D eigenvalue weighted by atomic mass is 16.2. The lowest BCUT2D eigenvalue weighted by molar-refractivity contribution is -0.128. The summed E-state index contributed by atoms with van der Waals surface area (Å²) in [7, 11) is 0. The highest BCUT2D eigenvalue weighted by Gasteiger charge is 2.25. The van der Waals surface area contributed by atoms with E-state index in [1.807, 2.05) is 17.2 Å². The number of nitriles is 1. The molecule has 0 unspecified atom stereocenters. The van der Waals surface area contributed by atoms with Crippen molar-refractivity contribution in [2.24, 2.45) is 5.92 Å². The van der Waals surface area contributed by atoms with Gasteiger partial charge in [0.05, 0.1) is 0 Å². The third-order valence-electron chi connectivity index (χ3n) is 5.53. The van der Waals surface area contributed by atoms with E-state index in [9.17, 15) is 10.1 Å². The molecule has 2 rings (SSSR count). The number of rotatable bonds is 10. The smallest absolute Gasteiger partial charge is 0.266 e. The summed E-state index contributed by atoms with van der Waals surface area (Å²) < 4.78 is 0. The average Bonchev–Trinajstić information content (AvgIpc) is 2.74. The first-order valence-electron chi connectivity index (χ1n) is 10.9. The number of unbranched alkanes of at least 4 members (excludes halogenated alkanes) is 2. The Morgan fingerprint density at radius 3 is 2.29 bits per heavy atom. The zero-order valence-electron chi connectivity index (χ0n) is 17.6. The molecule has 1 fully saturated rings. The molecule has 1 aromatic rings. The molecule has 0 N–H and O–H groups in total. The number of benzene rings is 1. The zero-order valence-corrected chi connectivity index (χ0v) is 17.6. The molecule has 1 aromatic carbocycles. The molecule has 0 spiro atoms. The average molecular weight is 382 g/mol. The normalized spacial score (nSPS) is 15.3. The number of carbonyl (C=O) groups is 1. The first kappa shape index (κ1) is 22.0. The Kier molecular flexibility index (Phi) is 9.62. The van der Waals surface area contributed by atoms with Gasteiger partial charge in [-0.3, -0.25) is 4.79 Å². The number of nitrogens with zero attached hydrogens (tertiary/aromatic N) is 3. The Labute approximate surface area is 170 Å².